The average molecular weight is 382 g/mol. The van der Waals surface area contributed by atoms with Crippen molar-refractivity contribution in [3.8, 4) is 0 Å². The lowest BCUT2D eigenvalue weighted by Gasteiger charge is -2.09. The fourth-order valence-electron chi connectivity index (χ4n) is 2.56. The quantitative estimate of drug-likeness (QED) is 0.623. The molecule has 0 spiro atoms. The van der Waals surface area contributed by atoms with E-state index in [1.54, 1.807) is 36.4 Å². The number of hydrogen-bond acceptors (Lipinski definition) is 5. The molecule has 3 aromatic rings. The molecule has 0 saturated carbocycles. The van der Waals surface area contributed by atoms with Gasteiger partial charge in [-0.05, 0) is 48.2 Å². The predicted octanol–water partition coefficient (Wildman–Crippen LogP) is 3.49. The Kier molecular flexibility index (Phi) is 6.03. The number of nitrogens with zero attached hydrogens (tertiary/aromatic N) is 2. The SMILES string of the molecule is CCc1ccc(S(=O)(=O)Nc2ccc(NCCc3ccccc3)nn2)cc1. The second-order valence-electron chi connectivity index (χ2n) is 6.07. The lowest BCUT2D eigenvalue weighted by atomic mass is 10.1. The van der Waals surface area contributed by atoms with Crippen LogP contribution < -0.4 is 10.0 Å². The van der Waals surface area contributed by atoms with Crippen molar-refractivity contribution >= 4 is 21.7 Å². The molecule has 0 fully saturated rings. The molecule has 0 amide bonds. The van der Waals surface area contributed by atoms with Crippen molar-refractivity contribution in [3.05, 3.63) is 77.9 Å². The Labute approximate surface area is 159 Å². The van der Waals surface area contributed by atoms with Gasteiger partial charge in [0.05, 0.1) is 4.90 Å². The van der Waals surface area contributed by atoms with Gasteiger partial charge in [0.15, 0.2) is 5.82 Å². The van der Waals surface area contributed by atoms with Crippen LogP contribution in [0.25, 0.3) is 0 Å². The van der Waals surface area contributed by atoms with E-state index in [0.717, 1.165) is 18.4 Å². The van der Waals surface area contributed by atoms with Crippen LogP contribution in [0.2, 0.25) is 0 Å². The predicted molar refractivity (Wildman–Crippen MR) is 107 cm³/mol. The number of rotatable bonds is 8. The fraction of sp³-hybridized carbons (Fsp3) is 0.200. The third-order valence-corrected chi connectivity index (χ3v) is 5.48. The molecule has 2 aromatic carbocycles. The van der Waals surface area contributed by atoms with Crippen LogP contribution in [0.1, 0.15) is 18.1 Å². The third kappa shape index (κ3) is 5.27. The smallest absolute Gasteiger partial charge is 0.263 e. The minimum absolute atomic E-state index is 0.183. The van der Waals surface area contributed by atoms with Gasteiger partial charge < -0.3 is 5.32 Å². The first-order valence-electron chi connectivity index (χ1n) is 8.80. The van der Waals surface area contributed by atoms with Crippen LogP contribution in [-0.2, 0) is 22.9 Å². The summed E-state index contributed by atoms with van der Waals surface area (Å²) in [5.74, 6) is 0.782. The van der Waals surface area contributed by atoms with Gasteiger partial charge in [-0.25, -0.2) is 8.42 Å². The van der Waals surface area contributed by atoms with E-state index in [1.807, 2.05) is 25.1 Å². The largest absolute Gasteiger partial charge is 0.368 e. The summed E-state index contributed by atoms with van der Waals surface area (Å²) in [5, 5.41) is 11.1. The topological polar surface area (TPSA) is 84.0 Å². The first-order valence-corrected chi connectivity index (χ1v) is 10.3. The van der Waals surface area contributed by atoms with Gasteiger partial charge in [0.2, 0.25) is 0 Å². The van der Waals surface area contributed by atoms with Gasteiger partial charge in [0, 0.05) is 6.54 Å². The van der Waals surface area contributed by atoms with Gasteiger partial charge in [0.25, 0.3) is 10.0 Å². The number of anilines is 2. The van der Waals surface area contributed by atoms with E-state index in [4.69, 9.17) is 0 Å². The van der Waals surface area contributed by atoms with Crippen molar-refractivity contribution in [1.82, 2.24) is 10.2 Å². The maximum Gasteiger partial charge on any atom is 0.263 e. The van der Waals surface area contributed by atoms with Crippen LogP contribution in [-0.4, -0.2) is 25.2 Å². The Hall–Kier alpha value is -2.93. The van der Waals surface area contributed by atoms with Crippen LogP contribution in [0, 0.1) is 0 Å². The molecule has 0 saturated heterocycles. The van der Waals surface area contributed by atoms with Crippen molar-refractivity contribution in [2.75, 3.05) is 16.6 Å². The maximum absolute atomic E-state index is 12.4. The molecule has 3 rings (SSSR count). The number of nitrogens with one attached hydrogen (secondary N) is 2. The molecule has 0 aliphatic heterocycles. The molecule has 0 bridgehead atoms. The van der Waals surface area contributed by atoms with Crippen molar-refractivity contribution in [2.45, 2.75) is 24.7 Å². The third-order valence-electron chi connectivity index (χ3n) is 4.11. The van der Waals surface area contributed by atoms with Gasteiger partial charge in [-0.1, -0.05) is 49.4 Å². The summed E-state index contributed by atoms with van der Waals surface area (Å²) in [5.41, 5.74) is 2.32. The Morgan fingerprint density at radius 3 is 2.11 bits per heavy atom. The first kappa shape index (κ1) is 18.8. The monoisotopic (exact) mass is 382 g/mol. The van der Waals surface area contributed by atoms with Crippen LogP contribution >= 0.6 is 0 Å². The molecular formula is C20H22N4O2S. The Morgan fingerprint density at radius 2 is 1.48 bits per heavy atom. The average Bonchev–Trinajstić information content (AvgIpc) is 2.70. The van der Waals surface area contributed by atoms with E-state index in [0.29, 0.717) is 12.4 Å². The molecule has 0 unspecified atom stereocenters. The van der Waals surface area contributed by atoms with Gasteiger partial charge in [-0.15, -0.1) is 10.2 Å². The lowest BCUT2D eigenvalue weighted by Crippen LogP contribution is -2.15. The highest BCUT2D eigenvalue weighted by atomic mass is 32.2. The van der Waals surface area contributed by atoms with Gasteiger partial charge >= 0.3 is 0 Å². The molecule has 0 aliphatic carbocycles. The summed E-state index contributed by atoms with van der Waals surface area (Å²) in [7, 11) is -3.68. The van der Waals surface area contributed by atoms with E-state index in [1.165, 1.54) is 5.56 Å². The Balaban J connectivity index is 1.57. The van der Waals surface area contributed by atoms with E-state index < -0.39 is 10.0 Å². The summed E-state index contributed by atoms with van der Waals surface area (Å²) in [6, 6.07) is 20.2. The minimum Gasteiger partial charge on any atom is -0.368 e. The second-order valence-corrected chi connectivity index (χ2v) is 7.75. The summed E-state index contributed by atoms with van der Waals surface area (Å²) in [4.78, 5) is 0.201. The molecule has 2 N–H and O–H groups in total. The number of aromatic nitrogens is 2. The van der Waals surface area contributed by atoms with E-state index in [2.05, 4.69) is 32.4 Å². The standard InChI is InChI=1S/C20H22N4O2S/c1-2-16-8-10-18(11-9-16)27(25,26)24-20-13-12-19(22-23-20)21-15-14-17-6-4-3-5-7-17/h3-13H,2,14-15H2,1H3,(H,21,22)(H,23,24). The van der Waals surface area contributed by atoms with Crippen LogP contribution in [0.15, 0.2) is 71.6 Å². The zero-order chi connectivity index (χ0) is 19.1. The molecule has 7 heteroatoms. The zero-order valence-corrected chi connectivity index (χ0v) is 15.9. The second kappa shape index (κ2) is 8.64. The number of aryl methyl sites for hydroxylation is 1. The van der Waals surface area contributed by atoms with Crippen LogP contribution in [0.3, 0.4) is 0 Å². The Bertz CT molecular complexity index is 957. The molecular weight excluding hydrogens is 360 g/mol. The minimum atomic E-state index is -3.68. The molecule has 140 valence electrons. The van der Waals surface area contributed by atoms with Crippen molar-refractivity contribution in [2.24, 2.45) is 0 Å². The normalized spacial score (nSPS) is 11.1. The van der Waals surface area contributed by atoms with Gasteiger partial charge in [-0.2, -0.15) is 0 Å². The number of benzene rings is 2. The van der Waals surface area contributed by atoms with Crippen LogP contribution in [0.5, 0.6) is 0 Å². The summed E-state index contributed by atoms with van der Waals surface area (Å²) >= 11 is 0. The molecule has 0 aliphatic rings. The molecule has 0 atom stereocenters. The highest BCUT2D eigenvalue weighted by molar-refractivity contribution is 7.92. The Morgan fingerprint density at radius 1 is 0.815 bits per heavy atom. The number of sulfonamides is 1. The van der Waals surface area contributed by atoms with Crippen molar-refractivity contribution in [1.29, 1.82) is 0 Å². The van der Waals surface area contributed by atoms with Gasteiger partial charge in [-0.3, -0.25) is 4.72 Å². The summed E-state index contributed by atoms with van der Waals surface area (Å²) in [6.07, 6.45) is 1.72. The number of hydrogen-bond donors (Lipinski definition) is 2. The summed E-state index contributed by atoms with van der Waals surface area (Å²) < 4.78 is 27.3. The molecule has 27 heavy (non-hydrogen) atoms. The fourth-order valence-corrected chi connectivity index (χ4v) is 3.56. The van der Waals surface area contributed by atoms with Crippen molar-refractivity contribution in [3.63, 3.8) is 0 Å². The van der Waals surface area contributed by atoms with E-state index in [9.17, 15) is 8.42 Å². The molecule has 1 heterocycles. The first-order chi connectivity index (χ1) is 13.1. The van der Waals surface area contributed by atoms with E-state index >= 15 is 0 Å². The summed E-state index contributed by atoms with van der Waals surface area (Å²) in [6.45, 7) is 2.74. The highest BCUT2D eigenvalue weighted by Crippen LogP contribution is 2.16. The lowest BCUT2D eigenvalue weighted by molar-refractivity contribution is 0.601. The molecule has 1 aromatic heterocycles. The highest BCUT2D eigenvalue weighted by Gasteiger charge is 2.14. The van der Waals surface area contributed by atoms with E-state index in [-0.39, 0.29) is 10.7 Å². The van der Waals surface area contributed by atoms with Gasteiger partial charge in [0.1, 0.15) is 5.82 Å². The molecule has 0 radical (unpaired) electrons. The van der Waals surface area contributed by atoms with Crippen LogP contribution in [0.4, 0.5) is 11.6 Å². The zero-order valence-electron chi connectivity index (χ0n) is 15.1. The van der Waals surface area contributed by atoms with Crippen molar-refractivity contribution < 1.29 is 8.42 Å². The maximum atomic E-state index is 12.4. The molecule has 6 nitrogen and oxygen atoms in total.